The number of piperazine rings is 2. The lowest BCUT2D eigenvalue weighted by Gasteiger charge is -2.35. The number of nitrogens with one attached hydrogen (secondary N) is 7. The monoisotopic (exact) mass is 1240 g/mol. The van der Waals surface area contributed by atoms with Gasteiger partial charge in [0.25, 0.3) is 11.8 Å². The molecule has 1 aromatic heterocycles. The molecule has 4 atom stereocenters. The van der Waals surface area contributed by atoms with Crippen molar-refractivity contribution in [1.82, 2.24) is 55.9 Å². The van der Waals surface area contributed by atoms with Gasteiger partial charge in [-0.05, 0) is 79.3 Å². The predicted octanol–water partition coefficient (Wildman–Crippen LogP) is 1.02. The Kier molecular flexibility index (Phi) is 24.1. The normalized spacial score (nSPS) is 14.3. The lowest BCUT2D eigenvalue weighted by molar-refractivity contribution is -0.142. The number of rotatable bonds is 28. The third kappa shape index (κ3) is 20.9. The first-order chi connectivity index (χ1) is 42.3. The number of anilines is 3. The molecule has 2 aliphatic heterocycles. The van der Waals surface area contributed by atoms with Crippen LogP contribution in [-0.4, -0.2) is 226 Å². The third-order valence-electron chi connectivity index (χ3n) is 13.9. The molecule has 0 radical (unpaired) electrons. The molecule has 2 saturated heterocycles. The molecule has 89 heavy (non-hydrogen) atoms. The molecular weight excluding hydrogens is 1180 g/mol. The zero-order chi connectivity index (χ0) is 64.9. The topological polar surface area (TPSA) is 471 Å². The Balaban J connectivity index is 1.04. The van der Waals surface area contributed by atoms with Crippen LogP contribution >= 0.6 is 0 Å². The van der Waals surface area contributed by atoms with Crippen molar-refractivity contribution in [2.45, 2.75) is 82.1 Å². The zero-order valence-corrected chi connectivity index (χ0v) is 47.5. The molecule has 0 bridgehead atoms. The lowest BCUT2D eigenvalue weighted by Crippen LogP contribution is -2.52. The van der Waals surface area contributed by atoms with Crippen LogP contribution in [0.4, 0.5) is 40.6 Å². The Morgan fingerprint density at radius 3 is 1.24 bits per heavy atom. The molecule has 13 N–H and O–H groups in total. The fraction of sp³-hybridized carbons (Fsp3) is 0.400. The standard InChI is InChI=1S/C55H65FN14O19/c56-15-1-2-37-29-70(65-64-37)30-43(71)57-38-27-33(46(76)66-16-20-68(21-17-66)54(88)58-35-7-3-31(4-8-35)24-41(50(82)83)62-52(86)60-39(48(78)79)11-13-44(72)73)26-34(28-38)47(77)67-18-22-69(23-19-67)55(89)59-36-9-5-32(6-10-36)25-42(51(84)85)63-53(87)61-40(49(80)81)12-14-45(74)75/h3-10,26-29,39-42H,1-2,11-25,30H2,(H,57,71)(H,58,88)(H,59,89)(H,72,73)(H,74,75)(H,78,79)(H,80,81)(H,82,83)(H,84,85)(H2,60,62,86)(H2,61,63,87)/t39-,40-,41-,42-/m0/s1. The van der Waals surface area contributed by atoms with Crippen molar-refractivity contribution in [2.24, 2.45) is 0 Å². The summed E-state index contributed by atoms with van der Waals surface area (Å²) in [6, 6.07) is 6.49. The molecule has 33 nitrogen and oxygen atoms in total. The van der Waals surface area contributed by atoms with E-state index < -0.39 is 134 Å². The van der Waals surface area contributed by atoms with Gasteiger partial charge in [0.2, 0.25) is 5.91 Å². The zero-order valence-electron chi connectivity index (χ0n) is 47.5. The maximum Gasteiger partial charge on any atom is 0.326 e. The first kappa shape index (κ1) is 67.2. The largest absolute Gasteiger partial charge is 0.481 e. The molecule has 6 rings (SSSR count). The van der Waals surface area contributed by atoms with Gasteiger partial charge in [-0.2, -0.15) is 0 Å². The summed E-state index contributed by atoms with van der Waals surface area (Å²) < 4.78 is 14.0. The summed E-state index contributed by atoms with van der Waals surface area (Å²) in [5.74, 6) is -10.2. The number of carboxylic acids is 6. The summed E-state index contributed by atoms with van der Waals surface area (Å²) in [4.78, 5) is 168. The van der Waals surface area contributed by atoms with Crippen LogP contribution in [0, 0.1) is 0 Å². The van der Waals surface area contributed by atoms with Crippen LogP contribution in [0.1, 0.15) is 69.6 Å². The number of alkyl halides is 1. The number of halogens is 1. The molecule has 3 aromatic carbocycles. The maximum absolute atomic E-state index is 14.2. The molecule has 0 unspecified atom stereocenters. The van der Waals surface area contributed by atoms with Crippen LogP contribution in [0.5, 0.6) is 0 Å². The number of carboxylic acid groups (broad SMARTS) is 6. The van der Waals surface area contributed by atoms with Crippen molar-refractivity contribution in [3.8, 4) is 0 Å². The fourth-order valence-corrected chi connectivity index (χ4v) is 9.15. The first-order valence-corrected chi connectivity index (χ1v) is 27.6. The third-order valence-corrected chi connectivity index (χ3v) is 13.9. The van der Waals surface area contributed by atoms with Crippen LogP contribution in [0.25, 0.3) is 0 Å². The molecule has 2 aliphatic rings. The number of carbonyl (C=O) groups excluding carboxylic acids is 7. The highest BCUT2D eigenvalue weighted by atomic mass is 19.1. The molecule has 0 aliphatic carbocycles. The first-order valence-electron chi connectivity index (χ1n) is 27.6. The van der Waals surface area contributed by atoms with Gasteiger partial charge < -0.3 is 87.5 Å². The van der Waals surface area contributed by atoms with Gasteiger partial charge in [-0.15, -0.1) is 5.10 Å². The van der Waals surface area contributed by atoms with Gasteiger partial charge in [0.1, 0.15) is 30.7 Å². The second-order valence-corrected chi connectivity index (χ2v) is 20.4. The summed E-state index contributed by atoms with van der Waals surface area (Å²) in [5.41, 5.74) is 2.01. The molecule has 0 saturated carbocycles. The molecule has 11 amide bonds. The minimum absolute atomic E-state index is 0.0164. The molecular formula is C55H65FN14O19. The van der Waals surface area contributed by atoms with Crippen molar-refractivity contribution in [1.29, 1.82) is 0 Å². The minimum atomic E-state index is -1.59. The van der Waals surface area contributed by atoms with Gasteiger partial charge in [0, 0.05) is 112 Å². The van der Waals surface area contributed by atoms with Crippen LogP contribution in [0.3, 0.4) is 0 Å². The molecule has 3 heterocycles. The van der Waals surface area contributed by atoms with Gasteiger partial charge in [0.15, 0.2) is 0 Å². The number of urea groups is 4. The second kappa shape index (κ2) is 32.0. The van der Waals surface area contributed by atoms with Gasteiger partial charge in [0.05, 0.1) is 12.4 Å². The van der Waals surface area contributed by atoms with Crippen molar-refractivity contribution >= 4 is 94.7 Å². The number of aromatic nitrogens is 3. The minimum Gasteiger partial charge on any atom is -0.481 e. The Labute approximate surface area is 504 Å². The number of hydrogen-bond donors (Lipinski definition) is 13. The number of nitrogens with zero attached hydrogens (tertiary/aromatic N) is 7. The number of benzene rings is 3. The van der Waals surface area contributed by atoms with E-state index in [0.29, 0.717) is 34.6 Å². The van der Waals surface area contributed by atoms with E-state index in [2.05, 4.69) is 47.5 Å². The molecule has 0 spiro atoms. The van der Waals surface area contributed by atoms with Crippen LogP contribution in [-0.2, 0) is 59.4 Å². The Hall–Kier alpha value is -11.0. The molecule has 476 valence electrons. The summed E-state index contributed by atoms with van der Waals surface area (Å²) >= 11 is 0. The van der Waals surface area contributed by atoms with Crippen LogP contribution < -0.4 is 37.2 Å². The predicted molar refractivity (Wildman–Crippen MR) is 305 cm³/mol. The van der Waals surface area contributed by atoms with Gasteiger partial charge in [-0.3, -0.25) is 28.4 Å². The van der Waals surface area contributed by atoms with Crippen molar-refractivity contribution in [2.75, 3.05) is 75.0 Å². The van der Waals surface area contributed by atoms with Crippen LogP contribution in [0.15, 0.2) is 72.9 Å². The summed E-state index contributed by atoms with van der Waals surface area (Å²) in [5, 5.41) is 80.4. The Bertz CT molecular complexity index is 3100. The van der Waals surface area contributed by atoms with Gasteiger partial charge in [-0.1, -0.05) is 29.5 Å². The van der Waals surface area contributed by atoms with Gasteiger partial charge in [-0.25, -0.2) is 43.0 Å². The van der Waals surface area contributed by atoms with Crippen LogP contribution in [0.2, 0.25) is 0 Å². The summed E-state index contributed by atoms with van der Waals surface area (Å²) in [6.07, 6.45) is -0.520. The number of amides is 11. The van der Waals surface area contributed by atoms with E-state index in [4.69, 9.17) is 10.2 Å². The highest BCUT2D eigenvalue weighted by Crippen LogP contribution is 2.22. The van der Waals surface area contributed by atoms with Crippen molar-refractivity contribution in [3.63, 3.8) is 0 Å². The molecule has 2 fully saturated rings. The Morgan fingerprint density at radius 1 is 0.483 bits per heavy atom. The Morgan fingerprint density at radius 2 is 0.865 bits per heavy atom. The second-order valence-electron chi connectivity index (χ2n) is 20.4. The average molecular weight is 1250 g/mol. The highest BCUT2D eigenvalue weighted by molar-refractivity contribution is 6.03. The van der Waals surface area contributed by atoms with Gasteiger partial charge >= 0.3 is 59.9 Å². The lowest BCUT2D eigenvalue weighted by atomic mass is 10.1. The molecule has 4 aromatic rings. The van der Waals surface area contributed by atoms with E-state index in [-0.39, 0.29) is 95.0 Å². The average Bonchev–Trinajstić information content (AvgIpc) is 1.97. The SMILES string of the molecule is O=C(O)CC[C@H](NC(=O)N[C@@H](Cc1ccc(NC(=O)N2CCN(C(=O)c3cc(NC(=O)Cn4cc(CCCF)nn4)cc(C(=O)N4CCN(C(=O)Nc5ccc(C[C@H](NC(=O)N[C@@H](CCC(=O)O)C(=O)O)C(=O)O)cc5)CC4)c3)CC2)cc1)C(=O)O)C(=O)O. The summed E-state index contributed by atoms with van der Waals surface area (Å²) in [6.45, 7) is -0.482. The quantitative estimate of drug-likeness (QED) is 0.0377. The van der Waals surface area contributed by atoms with Crippen molar-refractivity contribution in [3.05, 3.63) is 101 Å². The van der Waals surface area contributed by atoms with E-state index in [1.165, 1.54) is 97.2 Å². The van der Waals surface area contributed by atoms with E-state index in [1.807, 2.05) is 0 Å². The smallest absolute Gasteiger partial charge is 0.326 e. The number of aliphatic carboxylic acids is 6. The number of carbonyl (C=O) groups is 13. The van der Waals surface area contributed by atoms with Crippen molar-refractivity contribution < 1.29 is 97.4 Å². The summed E-state index contributed by atoms with van der Waals surface area (Å²) in [7, 11) is 0. The number of aryl methyl sites for hydroxylation is 1. The molecule has 34 heteroatoms. The fourth-order valence-electron chi connectivity index (χ4n) is 9.15. The van der Waals surface area contributed by atoms with E-state index >= 15 is 0 Å². The van der Waals surface area contributed by atoms with E-state index in [0.717, 1.165) is 0 Å². The van der Waals surface area contributed by atoms with E-state index in [1.54, 1.807) is 0 Å². The number of hydrogen-bond acceptors (Lipinski definition) is 15. The van der Waals surface area contributed by atoms with E-state index in [9.17, 15) is 87.1 Å². The maximum atomic E-state index is 14.2. The highest BCUT2D eigenvalue weighted by Gasteiger charge is 2.31.